The predicted octanol–water partition coefficient (Wildman–Crippen LogP) is 5.08. The summed E-state index contributed by atoms with van der Waals surface area (Å²) in [5.41, 5.74) is -0.667. The zero-order chi connectivity index (χ0) is 38.5. The van der Waals surface area contributed by atoms with Crippen molar-refractivity contribution < 1.29 is 46.8 Å². The summed E-state index contributed by atoms with van der Waals surface area (Å²) in [6.07, 6.45) is -2.19. The second-order valence-corrected chi connectivity index (χ2v) is 13.6. The van der Waals surface area contributed by atoms with Gasteiger partial charge in [0.2, 0.25) is 12.1 Å². The van der Waals surface area contributed by atoms with Crippen LogP contribution in [0.3, 0.4) is 0 Å². The maximum atomic E-state index is 14.2. The number of benzene rings is 1. The van der Waals surface area contributed by atoms with Crippen molar-refractivity contribution in [1.29, 1.82) is 0 Å². The molecule has 0 aliphatic carbocycles. The Morgan fingerprint density at radius 2 is 1.83 bits per heavy atom. The number of hydrogen-bond acceptors (Lipinski definition) is 12. The van der Waals surface area contributed by atoms with Crippen molar-refractivity contribution >= 4 is 43.0 Å². The molecular weight excluding hydrogens is 720 g/mol. The standard InChI is InChI=1S/C34H38F3N8O7P/c1-5-52-53(50)17-20-7-8-24(27(13-20)51-4)42-32-39-15-22(34(35,36)37)29(43-32)41-25-10-9-23(40-28(25)30(47)38-3)21-14-26(44(16-21)11-6-12-46)31(48)45-18-33(2,49)19-45/h7-10,13-16,46,49H,5-6,11-12,17-19H2,1-4H3,(H2-,38,39,41,42,43,47)/p+1. The van der Waals surface area contributed by atoms with Gasteiger partial charge in [-0.15, -0.1) is 4.52 Å². The molecule has 1 aliphatic heterocycles. The van der Waals surface area contributed by atoms with Crippen LogP contribution in [-0.2, 0) is 28.0 Å². The van der Waals surface area contributed by atoms with Gasteiger partial charge in [-0.3, -0.25) is 9.59 Å². The molecule has 1 aliphatic rings. The number of ether oxygens (including phenoxy) is 1. The molecule has 2 amide bonds. The van der Waals surface area contributed by atoms with E-state index in [0.29, 0.717) is 36.0 Å². The second kappa shape index (κ2) is 16.2. The highest BCUT2D eigenvalue weighted by Gasteiger charge is 2.40. The lowest BCUT2D eigenvalue weighted by Crippen LogP contribution is -2.61. The topological polar surface area (TPSA) is 193 Å². The number of aryl methyl sites for hydroxylation is 1. The number of halogens is 3. The number of anilines is 4. The normalized spacial score (nSPS) is 14.0. The van der Waals surface area contributed by atoms with Crippen molar-refractivity contribution in [2.24, 2.45) is 0 Å². The van der Waals surface area contributed by atoms with Crippen LogP contribution in [0.2, 0.25) is 0 Å². The first-order valence-corrected chi connectivity index (χ1v) is 17.8. The molecule has 5 rings (SSSR count). The average molecular weight is 760 g/mol. The predicted molar refractivity (Wildman–Crippen MR) is 189 cm³/mol. The van der Waals surface area contributed by atoms with Gasteiger partial charge in [-0.05, 0) is 55.2 Å². The first kappa shape index (κ1) is 39.1. The van der Waals surface area contributed by atoms with Crippen LogP contribution >= 0.6 is 8.03 Å². The van der Waals surface area contributed by atoms with E-state index in [1.807, 2.05) is 0 Å². The third kappa shape index (κ3) is 9.26. The van der Waals surface area contributed by atoms with Gasteiger partial charge in [-0.1, -0.05) is 6.07 Å². The number of hydrogen-bond donors (Lipinski definition) is 5. The molecule has 1 saturated heterocycles. The van der Waals surface area contributed by atoms with Crippen LogP contribution in [0, 0.1) is 0 Å². The highest BCUT2D eigenvalue weighted by molar-refractivity contribution is 7.38. The Hall–Kier alpha value is -5.16. The molecule has 5 N–H and O–H groups in total. The number of nitrogens with zero attached hydrogens (tertiary/aromatic N) is 5. The lowest BCUT2D eigenvalue weighted by atomic mass is 9.96. The van der Waals surface area contributed by atoms with Gasteiger partial charge < -0.3 is 40.4 Å². The summed E-state index contributed by atoms with van der Waals surface area (Å²) in [5.74, 6) is -1.68. The monoisotopic (exact) mass is 759 g/mol. The number of rotatable bonds is 15. The Balaban J connectivity index is 1.48. The van der Waals surface area contributed by atoms with Crippen LogP contribution < -0.4 is 20.7 Å². The number of β-amino-alcohol motifs (C(OH)–C–C–N with tert-alkyl or cyclic N) is 1. The molecule has 282 valence electrons. The van der Waals surface area contributed by atoms with E-state index >= 15 is 0 Å². The van der Waals surface area contributed by atoms with Crippen LogP contribution in [0.4, 0.5) is 36.3 Å². The van der Waals surface area contributed by atoms with Gasteiger partial charge in [0.05, 0.1) is 49.5 Å². The van der Waals surface area contributed by atoms with Gasteiger partial charge >= 0.3 is 14.2 Å². The summed E-state index contributed by atoms with van der Waals surface area (Å²) in [7, 11) is 0.792. The minimum Gasteiger partial charge on any atom is -0.495 e. The molecule has 0 spiro atoms. The Labute approximate surface area is 303 Å². The smallest absolute Gasteiger partial charge is 0.495 e. The molecule has 1 fully saturated rings. The van der Waals surface area contributed by atoms with Crippen LogP contribution in [0.15, 0.2) is 48.8 Å². The fourth-order valence-electron chi connectivity index (χ4n) is 5.62. The molecule has 0 saturated carbocycles. The van der Waals surface area contributed by atoms with Crippen molar-refractivity contribution in [1.82, 2.24) is 29.7 Å². The number of likely N-dealkylation sites (tertiary alicyclic amines) is 1. The lowest BCUT2D eigenvalue weighted by molar-refractivity contribution is -0.137. The molecule has 0 radical (unpaired) electrons. The van der Waals surface area contributed by atoms with Crippen molar-refractivity contribution in [3.8, 4) is 17.0 Å². The number of aliphatic hydroxyl groups excluding tert-OH is 1. The highest BCUT2D eigenvalue weighted by Crippen LogP contribution is 2.38. The molecule has 1 unspecified atom stereocenters. The molecule has 0 bridgehead atoms. The summed E-state index contributed by atoms with van der Waals surface area (Å²) < 4.78 is 66.9. The first-order valence-electron chi connectivity index (χ1n) is 16.4. The number of pyridine rings is 1. The number of carbonyl (C=O) groups is 2. The van der Waals surface area contributed by atoms with Crippen molar-refractivity contribution in [2.45, 2.75) is 44.8 Å². The van der Waals surface area contributed by atoms with Crippen molar-refractivity contribution in [3.63, 3.8) is 0 Å². The summed E-state index contributed by atoms with van der Waals surface area (Å²) in [5, 5.41) is 27.5. The molecule has 3 aromatic heterocycles. The van der Waals surface area contributed by atoms with E-state index < -0.39 is 37.1 Å². The SMILES string of the molecule is CCO[P+](=O)Cc1ccc(Nc2ncc(C(F)(F)F)c(Nc3ccc(-c4cc(C(=O)N5CC(C)(O)C5)n(CCCO)c4)nc3C(=O)NC)n2)c(OC)c1. The zero-order valence-electron chi connectivity index (χ0n) is 29.3. The van der Waals surface area contributed by atoms with Crippen LogP contribution in [0.25, 0.3) is 11.3 Å². The molecule has 15 nitrogen and oxygen atoms in total. The highest BCUT2D eigenvalue weighted by atomic mass is 31.1. The Kier molecular flexibility index (Phi) is 12.0. The van der Waals surface area contributed by atoms with E-state index in [2.05, 4.69) is 30.9 Å². The number of nitrogens with one attached hydrogen (secondary N) is 3. The molecule has 4 heterocycles. The van der Waals surface area contributed by atoms with E-state index in [0.717, 1.165) is 0 Å². The van der Waals surface area contributed by atoms with Crippen LogP contribution in [0.5, 0.6) is 5.75 Å². The Morgan fingerprint density at radius 1 is 1.09 bits per heavy atom. The lowest BCUT2D eigenvalue weighted by Gasteiger charge is -2.44. The molecular formula is C34H39F3N8O7P+. The van der Waals surface area contributed by atoms with Gasteiger partial charge in [-0.2, -0.15) is 18.2 Å². The Morgan fingerprint density at radius 3 is 2.47 bits per heavy atom. The van der Waals surface area contributed by atoms with E-state index in [-0.39, 0.29) is 72.8 Å². The number of amides is 2. The minimum absolute atomic E-state index is 0.104. The van der Waals surface area contributed by atoms with Crippen LogP contribution in [0.1, 0.15) is 52.4 Å². The second-order valence-electron chi connectivity index (χ2n) is 12.4. The fourth-order valence-corrected chi connectivity index (χ4v) is 6.49. The number of carbonyl (C=O) groups excluding carboxylic acids is 2. The third-order valence-corrected chi connectivity index (χ3v) is 9.27. The molecule has 1 aromatic carbocycles. The number of alkyl halides is 3. The summed E-state index contributed by atoms with van der Waals surface area (Å²) >= 11 is 0. The van der Waals surface area contributed by atoms with Gasteiger partial charge in [0.25, 0.3) is 11.8 Å². The van der Waals surface area contributed by atoms with Gasteiger partial charge in [-0.25, -0.2) is 9.97 Å². The van der Waals surface area contributed by atoms with Gasteiger partial charge in [0, 0.05) is 43.7 Å². The largest absolute Gasteiger partial charge is 0.512 e. The van der Waals surface area contributed by atoms with Gasteiger partial charge in [0.1, 0.15) is 22.8 Å². The third-order valence-electron chi connectivity index (χ3n) is 8.10. The number of aromatic nitrogens is 4. The van der Waals surface area contributed by atoms with E-state index in [1.165, 1.54) is 31.2 Å². The molecule has 1 atom stereocenters. The first-order chi connectivity index (χ1) is 25.2. The summed E-state index contributed by atoms with van der Waals surface area (Å²) in [4.78, 5) is 40.3. The molecule has 19 heteroatoms. The molecule has 4 aromatic rings. The molecule has 53 heavy (non-hydrogen) atoms. The maximum absolute atomic E-state index is 14.2. The van der Waals surface area contributed by atoms with E-state index in [4.69, 9.17) is 9.26 Å². The number of aliphatic hydroxyl groups is 2. The quantitative estimate of drug-likeness (QED) is 0.101. The van der Waals surface area contributed by atoms with Crippen LogP contribution in [-0.4, -0.2) is 92.5 Å². The number of methoxy groups -OCH3 is 1. The zero-order valence-corrected chi connectivity index (χ0v) is 30.2. The van der Waals surface area contributed by atoms with E-state index in [1.54, 1.807) is 48.9 Å². The maximum Gasteiger partial charge on any atom is 0.512 e. The summed E-state index contributed by atoms with van der Waals surface area (Å²) in [6.45, 7) is 4.08. The van der Waals surface area contributed by atoms with Gasteiger partial charge in [0.15, 0.2) is 5.69 Å². The minimum atomic E-state index is -4.89. The average Bonchev–Trinajstić information content (AvgIpc) is 3.53. The van der Waals surface area contributed by atoms with E-state index in [9.17, 15) is 37.5 Å². The van der Waals surface area contributed by atoms with Crippen molar-refractivity contribution in [2.75, 3.05) is 51.1 Å². The van der Waals surface area contributed by atoms with Crippen molar-refractivity contribution in [3.05, 3.63) is 71.3 Å². The Bertz CT molecular complexity index is 2000. The fraction of sp³-hybridized carbons (Fsp3) is 0.382. The summed E-state index contributed by atoms with van der Waals surface area (Å²) in [6, 6.07) is 9.25.